The Hall–Kier alpha value is -2.83. The minimum absolute atomic E-state index is 0.0487. The molecule has 7 nitrogen and oxygen atoms in total. The fraction of sp³-hybridized carbons (Fsp3) is 0.214. The largest absolute Gasteiger partial charge is 0.508 e. The summed E-state index contributed by atoms with van der Waals surface area (Å²) in [5.74, 6) is -0.0649. The number of fused-ring (bicyclic) bond motifs is 1. The highest BCUT2D eigenvalue weighted by molar-refractivity contribution is 6.00. The molecule has 0 saturated carbocycles. The number of hydrogen-bond donors (Lipinski definition) is 4. The zero-order chi connectivity index (χ0) is 15.2. The summed E-state index contributed by atoms with van der Waals surface area (Å²) in [6.45, 7) is 1.90. The van der Waals surface area contributed by atoms with Gasteiger partial charge in [0.25, 0.3) is 0 Å². The molecule has 0 unspecified atom stereocenters. The number of hydrogen-bond acceptors (Lipinski definition) is 4. The van der Waals surface area contributed by atoms with Gasteiger partial charge in [0.1, 0.15) is 5.75 Å². The second kappa shape index (κ2) is 6.56. The number of aromatic amines is 1. The predicted octanol–water partition coefficient (Wildman–Crippen LogP) is 1.44. The molecule has 1 amide bonds. The van der Waals surface area contributed by atoms with Crippen LogP contribution in [0.25, 0.3) is 10.9 Å². The second-order valence-corrected chi connectivity index (χ2v) is 4.50. The number of rotatable bonds is 4. The Morgan fingerprint density at radius 1 is 1.52 bits per heavy atom. The van der Waals surface area contributed by atoms with Crippen LogP contribution in [0.1, 0.15) is 25.3 Å². The Morgan fingerprint density at radius 3 is 3.10 bits per heavy atom. The first-order valence-corrected chi connectivity index (χ1v) is 6.56. The lowest BCUT2D eigenvalue weighted by Crippen LogP contribution is -2.36. The zero-order valence-electron chi connectivity index (χ0n) is 11.6. The van der Waals surface area contributed by atoms with Gasteiger partial charge in [-0.3, -0.25) is 10.1 Å². The third kappa shape index (κ3) is 3.82. The summed E-state index contributed by atoms with van der Waals surface area (Å²) >= 11 is 0. The van der Waals surface area contributed by atoms with Crippen LogP contribution < -0.4 is 11.1 Å². The predicted molar refractivity (Wildman–Crippen MR) is 82.2 cm³/mol. The van der Waals surface area contributed by atoms with Crippen LogP contribution in [0.5, 0.6) is 5.75 Å². The Morgan fingerprint density at radius 2 is 2.33 bits per heavy atom. The lowest BCUT2D eigenvalue weighted by Gasteiger charge is -2.00. The van der Waals surface area contributed by atoms with E-state index in [1.54, 1.807) is 24.4 Å². The van der Waals surface area contributed by atoms with E-state index in [0.29, 0.717) is 6.42 Å². The first-order chi connectivity index (χ1) is 10.1. The summed E-state index contributed by atoms with van der Waals surface area (Å²) in [7, 11) is 0. The molecule has 5 N–H and O–H groups in total. The molecule has 1 aromatic carbocycles. The number of aromatic hydroxyl groups is 1. The molecule has 0 saturated heterocycles. The van der Waals surface area contributed by atoms with Crippen LogP contribution >= 0.6 is 0 Å². The Balaban J connectivity index is 2.09. The number of benzene rings is 1. The molecule has 2 rings (SSSR count). The van der Waals surface area contributed by atoms with E-state index in [-0.39, 0.29) is 17.6 Å². The summed E-state index contributed by atoms with van der Waals surface area (Å²) in [6, 6.07) is 4.99. The molecule has 0 bridgehead atoms. The molecule has 110 valence electrons. The number of aromatic nitrogens is 1. The van der Waals surface area contributed by atoms with Gasteiger partial charge in [-0.15, -0.1) is 5.10 Å². The lowest BCUT2D eigenvalue weighted by molar-refractivity contribution is -0.119. The van der Waals surface area contributed by atoms with Crippen molar-refractivity contribution >= 4 is 29.0 Å². The van der Waals surface area contributed by atoms with Crippen LogP contribution in [-0.2, 0) is 4.79 Å². The molecule has 0 aliphatic carbocycles. The highest BCUT2D eigenvalue weighted by Gasteiger charge is 2.03. The van der Waals surface area contributed by atoms with Crippen LogP contribution in [0.3, 0.4) is 0 Å². The molecular formula is C14H17N5O2. The number of carbonyl (C=O) groups is 1. The van der Waals surface area contributed by atoms with Crippen LogP contribution in [0.4, 0.5) is 0 Å². The molecule has 0 aliphatic rings. The van der Waals surface area contributed by atoms with Crippen molar-refractivity contribution in [2.24, 2.45) is 15.9 Å². The quantitative estimate of drug-likeness (QED) is 0.387. The van der Waals surface area contributed by atoms with Gasteiger partial charge in [0.05, 0.1) is 6.21 Å². The molecule has 0 spiro atoms. The van der Waals surface area contributed by atoms with E-state index in [2.05, 4.69) is 20.5 Å². The van der Waals surface area contributed by atoms with Gasteiger partial charge in [0.15, 0.2) is 0 Å². The summed E-state index contributed by atoms with van der Waals surface area (Å²) in [4.78, 5) is 14.4. The normalized spacial score (nSPS) is 12.1. The summed E-state index contributed by atoms with van der Waals surface area (Å²) in [5.41, 5.74) is 7.18. The molecule has 1 aromatic heterocycles. The second-order valence-electron chi connectivity index (χ2n) is 4.50. The number of nitrogens with zero attached hydrogens (tertiary/aromatic N) is 2. The first kappa shape index (κ1) is 14.6. The van der Waals surface area contributed by atoms with Crippen molar-refractivity contribution < 1.29 is 9.90 Å². The number of nitrogens with two attached hydrogens (primary N) is 1. The smallest absolute Gasteiger partial charge is 0.226 e. The molecule has 0 aliphatic heterocycles. The topological polar surface area (TPSA) is 116 Å². The molecule has 2 aromatic rings. The van der Waals surface area contributed by atoms with Crippen LogP contribution in [0.2, 0.25) is 0 Å². The van der Waals surface area contributed by atoms with E-state index in [0.717, 1.165) is 22.9 Å². The molecule has 7 heteroatoms. The first-order valence-electron chi connectivity index (χ1n) is 6.56. The average molecular weight is 287 g/mol. The van der Waals surface area contributed by atoms with Crippen LogP contribution in [-0.4, -0.2) is 28.2 Å². The monoisotopic (exact) mass is 287 g/mol. The third-order valence-electron chi connectivity index (χ3n) is 2.80. The van der Waals surface area contributed by atoms with E-state index >= 15 is 0 Å². The van der Waals surface area contributed by atoms with Crippen molar-refractivity contribution in [2.45, 2.75) is 19.8 Å². The van der Waals surface area contributed by atoms with Gasteiger partial charge < -0.3 is 15.8 Å². The van der Waals surface area contributed by atoms with E-state index < -0.39 is 0 Å². The van der Waals surface area contributed by atoms with E-state index in [4.69, 9.17) is 5.73 Å². The molecule has 0 atom stereocenters. The van der Waals surface area contributed by atoms with E-state index in [1.807, 2.05) is 6.92 Å². The van der Waals surface area contributed by atoms with Crippen molar-refractivity contribution in [1.29, 1.82) is 0 Å². The van der Waals surface area contributed by atoms with E-state index in [9.17, 15) is 9.90 Å². The van der Waals surface area contributed by atoms with Gasteiger partial charge in [-0.05, 0) is 24.6 Å². The van der Waals surface area contributed by atoms with Gasteiger partial charge in [0, 0.05) is 29.1 Å². The average Bonchev–Trinajstić information content (AvgIpc) is 2.81. The van der Waals surface area contributed by atoms with Crippen molar-refractivity contribution in [2.75, 3.05) is 0 Å². The maximum Gasteiger partial charge on any atom is 0.226 e. The van der Waals surface area contributed by atoms with Gasteiger partial charge >= 0.3 is 0 Å². The summed E-state index contributed by atoms with van der Waals surface area (Å²) < 4.78 is 0. The van der Waals surface area contributed by atoms with Crippen molar-refractivity contribution in [3.8, 4) is 5.75 Å². The number of nitrogens with one attached hydrogen (secondary N) is 2. The SMILES string of the molecule is CCCC(=O)NC(N)=NN=Cc1c[nH]c2ccc(O)cc12. The van der Waals surface area contributed by atoms with Gasteiger partial charge in [-0.25, -0.2) is 0 Å². The molecule has 21 heavy (non-hydrogen) atoms. The minimum Gasteiger partial charge on any atom is -0.508 e. The van der Waals surface area contributed by atoms with E-state index in [1.165, 1.54) is 6.21 Å². The Kier molecular flexibility index (Phi) is 4.55. The van der Waals surface area contributed by atoms with Crippen LogP contribution in [0, 0.1) is 0 Å². The van der Waals surface area contributed by atoms with Crippen molar-refractivity contribution in [1.82, 2.24) is 10.3 Å². The Bertz CT molecular complexity index is 702. The zero-order valence-corrected chi connectivity index (χ0v) is 11.6. The molecular weight excluding hydrogens is 270 g/mol. The third-order valence-corrected chi connectivity index (χ3v) is 2.80. The number of carbonyl (C=O) groups excluding carboxylic acids is 1. The van der Waals surface area contributed by atoms with Gasteiger partial charge in [-0.2, -0.15) is 5.10 Å². The maximum absolute atomic E-state index is 11.3. The fourth-order valence-corrected chi connectivity index (χ4v) is 1.85. The highest BCUT2D eigenvalue weighted by Crippen LogP contribution is 2.21. The number of H-pyrrole nitrogens is 1. The van der Waals surface area contributed by atoms with Gasteiger partial charge in [0.2, 0.25) is 11.9 Å². The fourth-order valence-electron chi connectivity index (χ4n) is 1.85. The molecule has 0 radical (unpaired) electrons. The number of amides is 1. The van der Waals surface area contributed by atoms with Crippen LogP contribution in [0.15, 0.2) is 34.6 Å². The van der Waals surface area contributed by atoms with Crippen molar-refractivity contribution in [3.63, 3.8) is 0 Å². The summed E-state index contributed by atoms with van der Waals surface area (Å²) in [5, 5.41) is 20.3. The highest BCUT2D eigenvalue weighted by atomic mass is 16.3. The number of guanidine groups is 1. The van der Waals surface area contributed by atoms with Crippen molar-refractivity contribution in [3.05, 3.63) is 30.0 Å². The van der Waals surface area contributed by atoms with Gasteiger partial charge in [-0.1, -0.05) is 6.92 Å². The standard InChI is InChI=1S/C14H17N5O2/c1-2-3-13(21)18-14(15)19-17-8-9-7-16-12-5-4-10(20)6-11(9)12/h4-8,16,20H,2-3H2,1H3,(H3,15,18,19,21). The lowest BCUT2D eigenvalue weighted by atomic mass is 10.2. The summed E-state index contributed by atoms with van der Waals surface area (Å²) in [6.07, 6.45) is 4.37. The minimum atomic E-state index is -0.189. The Labute approximate surface area is 121 Å². The number of phenols is 1. The molecule has 0 fully saturated rings. The molecule has 1 heterocycles. The maximum atomic E-state index is 11.3. The number of phenolic OH excluding ortho intramolecular Hbond substituents is 1.